The van der Waals surface area contributed by atoms with Crippen LogP contribution in [0.5, 0.6) is 5.75 Å². The van der Waals surface area contributed by atoms with Gasteiger partial charge in [0.15, 0.2) is 12.2 Å². The summed E-state index contributed by atoms with van der Waals surface area (Å²) in [6.07, 6.45) is -3.08. The molecule has 174 valence electrons. The van der Waals surface area contributed by atoms with Crippen molar-refractivity contribution >= 4 is 23.8 Å². The minimum absolute atomic E-state index is 0.106. The van der Waals surface area contributed by atoms with Crippen molar-refractivity contribution in [1.82, 2.24) is 10.6 Å². The van der Waals surface area contributed by atoms with Crippen LogP contribution in [0.25, 0.3) is 0 Å². The minimum atomic E-state index is -1.72. The predicted molar refractivity (Wildman–Crippen MR) is 111 cm³/mol. The number of amides is 2. The number of rotatable bonds is 7. The molecule has 0 saturated carbocycles. The van der Waals surface area contributed by atoms with E-state index in [0.29, 0.717) is 12.0 Å². The highest BCUT2D eigenvalue weighted by Crippen LogP contribution is 2.30. The molecule has 2 aliphatic heterocycles. The Kier molecular flexibility index (Phi) is 7.02. The number of carbonyl (C=O) groups is 4. The van der Waals surface area contributed by atoms with Crippen LogP contribution in [0.3, 0.4) is 0 Å². The summed E-state index contributed by atoms with van der Waals surface area (Å²) >= 11 is 0. The molecule has 0 spiro atoms. The van der Waals surface area contributed by atoms with E-state index in [2.05, 4.69) is 10.6 Å². The molecule has 10 nitrogen and oxygen atoms in total. The number of aromatic hydroxyl groups is 1. The van der Waals surface area contributed by atoms with Crippen LogP contribution in [-0.2, 0) is 30.3 Å². The third-order valence-corrected chi connectivity index (χ3v) is 5.53. The number of ether oxygens (including phenoxy) is 2. The molecule has 0 aliphatic carbocycles. The second-order valence-corrected chi connectivity index (χ2v) is 8.61. The molecule has 3 unspecified atom stereocenters. The van der Waals surface area contributed by atoms with Gasteiger partial charge in [-0.15, -0.1) is 0 Å². The lowest BCUT2D eigenvalue weighted by molar-refractivity contribution is -0.151. The number of aliphatic hydroxyl groups excluding tert-OH is 1. The third kappa shape index (κ3) is 5.18. The summed E-state index contributed by atoms with van der Waals surface area (Å²) in [5.74, 6) is -2.58. The number of phenolic OH excluding ortho intramolecular Hbond substituents is 1. The van der Waals surface area contributed by atoms with Gasteiger partial charge in [0.2, 0.25) is 5.91 Å². The molecule has 0 aromatic heterocycles. The van der Waals surface area contributed by atoms with Gasteiger partial charge in [0.05, 0.1) is 18.5 Å². The maximum absolute atomic E-state index is 12.8. The number of benzene rings is 1. The van der Waals surface area contributed by atoms with E-state index < -0.39 is 54.1 Å². The zero-order valence-corrected chi connectivity index (χ0v) is 18.2. The molecule has 10 heteroatoms. The van der Waals surface area contributed by atoms with E-state index in [1.54, 1.807) is 12.1 Å². The van der Waals surface area contributed by atoms with E-state index >= 15 is 0 Å². The van der Waals surface area contributed by atoms with Crippen LogP contribution >= 0.6 is 0 Å². The van der Waals surface area contributed by atoms with Gasteiger partial charge in [-0.25, -0.2) is 4.79 Å². The Hall–Kier alpha value is -3.14. The molecule has 2 amide bonds. The normalized spacial score (nSPS) is 24.2. The van der Waals surface area contributed by atoms with Crippen LogP contribution < -0.4 is 10.6 Å². The Morgan fingerprint density at radius 1 is 1.19 bits per heavy atom. The number of phenols is 1. The van der Waals surface area contributed by atoms with Crippen LogP contribution in [0.1, 0.15) is 49.5 Å². The molecule has 4 N–H and O–H groups in total. The van der Waals surface area contributed by atoms with E-state index in [1.807, 2.05) is 13.8 Å². The zero-order chi connectivity index (χ0) is 23.6. The summed E-state index contributed by atoms with van der Waals surface area (Å²) in [4.78, 5) is 48.4. The number of fused-ring (bicyclic) bond motifs is 1. The lowest BCUT2D eigenvalue weighted by Gasteiger charge is -2.33. The quantitative estimate of drug-likeness (QED) is 0.432. The molecule has 2 heterocycles. The van der Waals surface area contributed by atoms with Gasteiger partial charge in [0.25, 0.3) is 5.91 Å². The molecule has 1 aromatic rings. The first-order chi connectivity index (χ1) is 15.1. The Balaban J connectivity index is 1.75. The van der Waals surface area contributed by atoms with E-state index in [0.717, 1.165) is 0 Å². The first kappa shape index (κ1) is 23.5. The third-order valence-electron chi connectivity index (χ3n) is 5.53. The highest BCUT2D eigenvalue weighted by Gasteiger charge is 2.44. The van der Waals surface area contributed by atoms with Gasteiger partial charge < -0.3 is 30.3 Å². The standard InChI is InChI=1S/C22H28N2O8/c1-10(2)7-13(16-8-12-5-4-6-15(26)18(12)22(30)31-16)24-21(29)19(28)20-14(23-11(3)25)9-17(27)32-20/h4-6,10,13-14,16,19-20,26,28H,7-9H2,1-3H3,(H,23,25)(H,24,29)/t13-,14?,16?,19-,20?/m0/s1. The lowest BCUT2D eigenvalue weighted by Crippen LogP contribution is -2.55. The molecule has 1 aromatic carbocycles. The van der Waals surface area contributed by atoms with E-state index in [1.165, 1.54) is 13.0 Å². The fourth-order valence-corrected chi connectivity index (χ4v) is 4.16. The maximum Gasteiger partial charge on any atom is 0.342 e. The molecule has 0 radical (unpaired) electrons. The number of hydrogen-bond donors (Lipinski definition) is 4. The van der Waals surface area contributed by atoms with Crippen LogP contribution in [0.15, 0.2) is 18.2 Å². The Labute approximate surface area is 185 Å². The highest BCUT2D eigenvalue weighted by molar-refractivity contribution is 5.95. The average Bonchev–Trinajstić information content (AvgIpc) is 3.05. The van der Waals surface area contributed by atoms with Crippen LogP contribution in [0, 0.1) is 5.92 Å². The van der Waals surface area contributed by atoms with Crippen molar-refractivity contribution < 1.29 is 38.9 Å². The van der Waals surface area contributed by atoms with Crippen molar-refractivity contribution in [2.75, 3.05) is 0 Å². The molecule has 1 fully saturated rings. The minimum Gasteiger partial charge on any atom is -0.507 e. The van der Waals surface area contributed by atoms with Crippen molar-refractivity contribution in [2.24, 2.45) is 5.92 Å². The molecule has 32 heavy (non-hydrogen) atoms. The van der Waals surface area contributed by atoms with Crippen molar-refractivity contribution in [3.63, 3.8) is 0 Å². The van der Waals surface area contributed by atoms with Crippen LogP contribution in [0.2, 0.25) is 0 Å². The number of nitrogens with one attached hydrogen (secondary N) is 2. The molecule has 5 atom stereocenters. The largest absolute Gasteiger partial charge is 0.507 e. The number of carbonyl (C=O) groups excluding carboxylic acids is 4. The second kappa shape index (κ2) is 9.56. The van der Waals surface area contributed by atoms with Crippen molar-refractivity contribution in [3.05, 3.63) is 29.3 Å². The summed E-state index contributed by atoms with van der Waals surface area (Å²) in [5, 5.41) is 25.8. The topological polar surface area (TPSA) is 151 Å². The molecular weight excluding hydrogens is 420 g/mol. The monoisotopic (exact) mass is 448 g/mol. The summed E-state index contributed by atoms with van der Waals surface area (Å²) in [6, 6.07) is 3.28. The van der Waals surface area contributed by atoms with E-state index in [-0.39, 0.29) is 30.1 Å². The van der Waals surface area contributed by atoms with E-state index in [4.69, 9.17) is 9.47 Å². The SMILES string of the molecule is CC(=O)NC1CC(=O)OC1[C@H](O)C(=O)N[C@@H](CC(C)C)C1Cc2cccc(O)c2C(=O)O1. The van der Waals surface area contributed by atoms with Crippen LogP contribution in [-0.4, -0.2) is 64.4 Å². The Morgan fingerprint density at radius 3 is 2.56 bits per heavy atom. The maximum atomic E-state index is 12.8. The first-order valence-electron chi connectivity index (χ1n) is 10.5. The number of hydrogen-bond acceptors (Lipinski definition) is 8. The predicted octanol–water partition coefficient (Wildman–Crippen LogP) is 0.186. The fourth-order valence-electron chi connectivity index (χ4n) is 4.16. The van der Waals surface area contributed by atoms with Gasteiger partial charge in [-0.05, 0) is 24.0 Å². The van der Waals surface area contributed by atoms with Gasteiger partial charge in [0.1, 0.15) is 17.4 Å². The molecular formula is C22H28N2O8. The second-order valence-electron chi connectivity index (χ2n) is 8.61. The summed E-state index contributed by atoms with van der Waals surface area (Å²) in [5.41, 5.74) is 0.708. The van der Waals surface area contributed by atoms with E-state index in [9.17, 15) is 29.4 Å². The smallest absolute Gasteiger partial charge is 0.342 e. The molecule has 2 aliphatic rings. The summed E-state index contributed by atoms with van der Waals surface area (Å²) < 4.78 is 10.6. The molecule has 1 saturated heterocycles. The Morgan fingerprint density at radius 2 is 1.91 bits per heavy atom. The van der Waals surface area contributed by atoms with Crippen molar-refractivity contribution in [2.45, 2.75) is 70.4 Å². The first-order valence-corrected chi connectivity index (χ1v) is 10.5. The van der Waals surface area contributed by atoms with Gasteiger partial charge >= 0.3 is 11.9 Å². The number of cyclic esters (lactones) is 2. The van der Waals surface area contributed by atoms with Crippen molar-refractivity contribution in [1.29, 1.82) is 0 Å². The fraction of sp³-hybridized carbons (Fsp3) is 0.545. The van der Waals surface area contributed by atoms with Gasteiger partial charge in [0, 0.05) is 13.3 Å². The Bertz CT molecular complexity index is 915. The van der Waals surface area contributed by atoms with Crippen molar-refractivity contribution in [3.8, 4) is 5.75 Å². The molecule has 0 bridgehead atoms. The zero-order valence-electron chi connectivity index (χ0n) is 18.2. The van der Waals surface area contributed by atoms with Gasteiger partial charge in [-0.2, -0.15) is 0 Å². The van der Waals surface area contributed by atoms with Gasteiger partial charge in [-0.1, -0.05) is 26.0 Å². The summed E-state index contributed by atoms with van der Waals surface area (Å²) in [7, 11) is 0. The summed E-state index contributed by atoms with van der Waals surface area (Å²) in [6.45, 7) is 5.13. The van der Waals surface area contributed by atoms with Crippen LogP contribution in [0.4, 0.5) is 0 Å². The number of aliphatic hydroxyl groups is 1. The lowest BCUT2D eigenvalue weighted by atomic mass is 9.90. The number of esters is 2. The highest BCUT2D eigenvalue weighted by atomic mass is 16.6. The molecule has 3 rings (SSSR count). The average molecular weight is 448 g/mol. The van der Waals surface area contributed by atoms with Gasteiger partial charge in [-0.3, -0.25) is 14.4 Å².